The molecule has 0 bridgehead atoms. The van der Waals surface area contributed by atoms with E-state index in [2.05, 4.69) is 4.74 Å². The topological polar surface area (TPSA) is 9.23 Å². The molecule has 0 aliphatic heterocycles. The van der Waals surface area contributed by atoms with Crippen LogP contribution in [0.5, 0.6) is 5.75 Å². The van der Waals surface area contributed by atoms with E-state index in [0.717, 1.165) is 7.11 Å². The third-order valence-corrected chi connectivity index (χ3v) is 1.64. The summed E-state index contributed by atoms with van der Waals surface area (Å²) in [6.07, 6.45) is 0. The van der Waals surface area contributed by atoms with Crippen LogP contribution in [0.2, 0.25) is 0 Å². The normalized spacial score (nSPS) is 11.6. The molecule has 0 atom stereocenters. The number of rotatable bonds is 2. The number of benzene rings is 1. The molecule has 0 spiro atoms. The first-order valence-corrected chi connectivity index (χ1v) is 3.59. The van der Waals surface area contributed by atoms with Gasteiger partial charge in [-0.25, -0.2) is 4.39 Å². The van der Waals surface area contributed by atoms with Gasteiger partial charge in [0.2, 0.25) is 0 Å². The van der Waals surface area contributed by atoms with Gasteiger partial charge in [0.05, 0.1) is 7.11 Å². The second-order valence-corrected chi connectivity index (χ2v) is 2.56. The van der Waals surface area contributed by atoms with Crippen LogP contribution in [-0.4, -0.2) is 14.1 Å². The zero-order valence-corrected chi connectivity index (χ0v) is 7.03. The Morgan fingerprint density at radius 3 is 2.14 bits per heavy atom. The molecule has 7 heteroatoms. The van der Waals surface area contributed by atoms with E-state index < -0.39 is 29.8 Å². The van der Waals surface area contributed by atoms with Gasteiger partial charge >= 0.3 is 6.98 Å². The molecule has 0 unspecified atom stereocenters. The number of ether oxygens (including phenoxy) is 1. The van der Waals surface area contributed by atoms with Crippen molar-refractivity contribution in [1.29, 1.82) is 0 Å². The monoisotopic (exact) mass is 211 g/mol. The first-order chi connectivity index (χ1) is 6.38. The molecule has 0 radical (unpaired) electrons. The first-order valence-electron chi connectivity index (χ1n) is 3.59. The molecule has 0 aromatic heterocycles. The molecule has 0 N–H and O–H groups in total. The minimum atomic E-state index is -5.40. The highest BCUT2D eigenvalue weighted by atomic mass is 19.4. The molecule has 14 heavy (non-hydrogen) atoms. The third-order valence-electron chi connectivity index (χ3n) is 1.64. The average molecular weight is 211 g/mol. The van der Waals surface area contributed by atoms with Gasteiger partial charge in [-0.15, -0.1) is 0 Å². The minimum Gasteiger partial charge on any atom is -0.497 e. The lowest BCUT2D eigenvalue weighted by atomic mass is 9.79. The summed E-state index contributed by atoms with van der Waals surface area (Å²) < 4.78 is 66.2. The molecule has 0 fully saturated rings. The predicted octanol–water partition coefficient (Wildman–Crippen LogP) is 2.03. The largest absolute Gasteiger partial charge is 0.513 e. The zero-order chi connectivity index (χ0) is 10.9. The molecular formula is C7H5BF5O-. The summed E-state index contributed by atoms with van der Waals surface area (Å²) in [5.74, 6) is -4.09. The van der Waals surface area contributed by atoms with E-state index >= 15 is 0 Å². The Hall–Kier alpha value is -1.27. The maximum Gasteiger partial charge on any atom is 0.513 e. The molecule has 0 saturated carbocycles. The van der Waals surface area contributed by atoms with Crippen LogP contribution in [0.25, 0.3) is 0 Å². The lowest BCUT2D eigenvalue weighted by Crippen LogP contribution is -2.35. The second-order valence-electron chi connectivity index (χ2n) is 2.56. The zero-order valence-electron chi connectivity index (χ0n) is 7.03. The van der Waals surface area contributed by atoms with Crippen molar-refractivity contribution in [2.75, 3.05) is 7.11 Å². The van der Waals surface area contributed by atoms with E-state index in [1.54, 1.807) is 0 Å². The van der Waals surface area contributed by atoms with Crippen LogP contribution in [-0.2, 0) is 0 Å². The minimum absolute atomic E-state index is 0.419. The van der Waals surface area contributed by atoms with Crippen LogP contribution in [0.1, 0.15) is 0 Å². The maximum absolute atomic E-state index is 12.8. The Bertz CT molecular complexity index is 349. The van der Waals surface area contributed by atoms with Crippen molar-refractivity contribution in [3.8, 4) is 5.75 Å². The molecule has 78 valence electrons. The Morgan fingerprint density at radius 2 is 1.71 bits per heavy atom. The lowest BCUT2D eigenvalue weighted by molar-refractivity contribution is 0.371. The fraction of sp³-hybridized carbons (Fsp3) is 0.143. The van der Waals surface area contributed by atoms with Crippen molar-refractivity contribution in [3.63, 3.8) is 0 Å². The van der Waals surface area contributed by atoms with E-state index in [9.17, 15) is 21.7 Å². The molecule has 0 aliphatic rings. The van der Waals surface area contributed by atoms with Gasteiger partial charge in [0, 0.05) is 0 Å². The van der Waals surface area contributed by atoms with E-state index in [0.29, 0.717) is 12.1 Å². The van der Waals surface area contributed by atoms with Crippen molar-refractivity contribution >= 4 is 12.4 Å². The summed E-state index contributed by atoms with van der Waals surface area (Å²) in [5.41, 5.74) is -1.27. The second kappa shape index (κ2) is 3.47. The van der Waals surface area contributed by atoms with Crippen molar-refractivity contribution in [3.05, 3.63) is 23.8 Å². The Balaban J connectivity index is 3.39. The van der Waals surface area contributed by atoms with E-state index in [-0.39, 0.29) is 0 Å². The molecule has 0 saturated heterocycles. The van der Waals surface area contributed by atoms with E-state index in [1.165, 1.54) is 0 Å². The standard InChI is InChI=1S/C7H5BF5O/c1-14-7-4(8(11,12)13)2-3-5(9)6(7)10/h2-3H,1H3/q-1. The van der Waals surface area contributed by atoms with Crippen LogP contribution >= 0.6 is 0 Å². The fourth-order valence-electron chi connectivity index (χ4n) is 1.01. The van der Waals surface area contributed by atoms with E-state index in [1.807, 2.05) is 0 Å². The summed E-state index contributed by atoms with van der Waals surface area (Å²) in [6, 6.07) is 0.875. The van der Waals surface area contributed by atoms with Gasteiger partial charge in [0.25, 0.3) is 0 Å². The number of hydrogen-bond acceptors (Lipinski definition) is 1. The lowest BCUT2D eigenvalue weighted by Gasteiger charge is -2.18. The van der Waals surface area contributed by atoms with Crippen LogP contribution in [0.4, 0.5) is 21.7 Å². The quantitative estimate of drug-likeness (QED) is 0.537. The summed E-state index contributed by atoms with van der Waals surface area (Å²) in [4.78, 5) is 0. The Kier molecular flexibility index (Phi) is 2.68. The van der Waals surface area contributed by atoms with Gasteiger partial charge in [-0.3, -0.25) is 0 Å². The SMILES string of the molecule is COc1c([B-](F)(F)F)ccc(F)c1F. The maximum atomic E-state index is 12.8. The Morgan fingerprint density at radius 1 is 1.14 bits per heavy atom. The Labute approximate surface area is 76.5 Å². The average Bonchev–Trinajstić information content (AvgIpc) is 2.07. The van der Waals surface area contributed by atoms with Gasteiger partial charge in [0.1, 0.15) is 5.75 Å². The summed E-state index contributed by atoms with van der Waals surface area (Å²) in [5, 5.41) is 0. The van der Waals surface area contributed by atoms with Crippen LogP contribution in [0.3, 0.4) is 0 Å². The predicted molar refractivity (Wildman–Crippen MR) is 41.6 cm³/mol. The molecule has 1 aromatic rings. The van der Waals surface area contributed by atoms with Crippen LogP contribution < -0.4 is 10.2 Å². The van der Waals surface area contributed by atoms with Gasteiger partial charge in [-0.05, 0) is 6.07 Å². The smallest absolute Gasteiger partial charge is 0.497 e. The highest BCUT2D eigenvalue weighted by molar-refractivity contribution is 6.74. The molecule has 0 amide bonds. The fourth-order valence-corrected chi connectivity index (χ4v) is 1.01. The number of hydrogen-bond donors (Lipinski definition) is 0. The molecule has 0 heterocycles. The number of halogens is 5. The third kappa shape index (κ3) is 1.81. The molecule has 1 rings (SSSR count). The van der Waals surface area contributed by atoms with Crippen LogP contribution in [0, 0.1) is 11.6 Å². The van der Waals surface area contributed by atoms with E-state index in [4.69, 9.17) is 0 Å². The summed E-state index contributed by atoms with van der Waals surface area (Å²) >= 11 is 0. The van der Waals surface area contributed by atoms with Gasteiger partial charge in [0.15, 0.2) is 11.6 Å². The van der Waals surface area contributed by atoms with Crippen molar-refractivity contribution in [2.24, 2.45) is 0 Å². The highest BCUT2D eigenvalue weighted by Crippen LogP contribution is 2.22. The molecule has 0 aliphatic carbocycles. The summed E-state index contributed by atoms with van der Waals surface area (Å²) in [7, 11) is 0.850. The van der Waals surface area contributed by atoms with Crippen molar-refractivity contribution in [1.82, 2.24) is 0 Å². The van der Waals surface area contributed by atoms with Gasteiger partial charge in [-0.1, -0.05) is 11.5 Å². The van der Waals surface area contributed by atoms with Crippen molar-refractivity contribution < 1.29 is 26.5 Å². The molecule has 1 aromatic carbocycles. The van der Waals surface area contributed by atoms with Crippen LogP contribution in [0.15, 0.2) is 12.1 Å². The highest BCUT2D eigenvalue weighted by Gasteiger charge is 2.31. The summed E-state index contributed by atoms with van der Waals surface area (Å²) in [6.45, 7) is -5.40. The van der Waals surface area contributed by atoms with Crippen molar-refractivity contribution in [2.45, 2.75) is 0 Å². The number of methoxy groups -OCH3 is 1. The van der Waals surface area contributed by atoms with Gasteiger partial charge < -0.3 is 17.7 Å². The first kappa shape index (κ1) is 10.8. The molecular weight excluding hydrogens is 206 g/mol. The van der Waals surface area contributed by atoms with Gasteiger partial charge in [-0.2, -0.15) is 4.39 Å². The molecule has 1 nitrogen and oxygen atoms in total.